The third-order valence-corrected chi connectivity index (χ3v) is 6.50. The number of amides is 1. The van der Waals surface area contributed by atoms with Gasteiger partial charge in [0.05, 0.1) is 17.6 Å². The molecule has 1 N–H and O–H groups in total. The molecule has 9 nitrogen and oxygen atoms in total. The van der Waals surface area contributed by atoms with Gasteiger partial charge in [-0.15, -0.1) is 5.10 Å². The first-order chi connectivity index (χ1) is 17.0. The molecule has 3 aromatic heterocycles. The second-order valence-electron chi connectivity index (χ2n) is 8.98. The minimum atomic E-state index is 0.0686. The van der Waals surface area contributed by atoms with E-state index in [2.05, 4.69) is 27.5 Å². The van der Waals surface area contributed by atoms with Crippen molar-refractivity contribution in [1.29, 1.82) is 0 Å². The van der Waals surface area contributed by atoms with Crippen molar-refractivity contribution in [2.75, 3.05) is 11.9 Å². The van der Waals surface area contributed by atoms with Crippen LogP contribution in [0, 0.1) is 0 Å². The number of nitrogens with one attached hydrogen (secondary N) is 1. The molecule has 0 saturated carbocycles. The lowest BCUT2D eigenvalue weighted by molar-refractivity contribution is -0.132. The molecule has 0 bridgehead atoms. The standard InChI is InChI=1S/C26H28N8O/c1-17-9-10-21(16-34(17)18(2)35)26-30-23(20-7-5-11-27-14-20)13-25(31-26)29-22-8-4-6-19(12-22)24-15-28-32-33(24)3/h4-8,11-15,17,21H,9-10,16H2,1-3H3,(H,29,30,31)/t17-,21+/m0/s1. The molecule has 1 aromatic carbocycles. The monoisotopic (exact) mass is 468 g/mol. The Labute approximate surface area is 204 Å². The molecule has 0 unspecified atom stereocenters. The molecule has 0 spiro atoms. The van der Waals surface area contributed by atoms with Gasteiger partial charge in [-0.2, -0.15) is 0 Å². The molecule has 9 heteroatoms. The highest BCUT2D eigenvalue weighted by Gasteiger charge is 2.30. The van der Waals surface area contributed by atoms with E-state index in [-0.39, 0.29) is 17.9 Å². The first-order valence-electron chi connectivity index (χ1n) is 11.8. The van der Waals surface area contributed by atoms with Gasteiger partial charge in [-0.25, -0.2) is 14.6 Å². The Hall–Kier alpha value is -4.14. The number of aromatic nitrogens is 6. The lowest BCUT2D eigenvalue weighted by atomic mass is 9.92. The smallest absolute Gasteiger partial charge is 0.219 e. The number of carbonyl (C=O) groups excluding carboxylic acids is 1. The number of hydrogen-bond acceptors (Lipinski definition) is 7. The summed E-state index contributed by atoms with van der Waals surface area (Å²) >= 11 is 0. The molecule has 1 saturated heterocycles. The van der Waals surface area contributed by atoms with Gasteiger partial charge in [-0.1, -0.05) is 17.3 Å². The Kier molecular flexibility index (Phi) is 6.22. The molecule has 1 aliphatic heterocycles. The van der Waals surface area contributed by atoms with Crippen LogP contribution in [0.2, 0.25) is 0 Å². The lowest BCUT2D eigenvalue weighted by Crippen LogP contribution is -2.44. The van der Waals surface area contributed by atoms with Crippen LogP contribution in [0.5, 0.6) is 0 Å². The number of carbonyl (C=O) groups is 1. The van der Waals surface area contributed by atoms with Gasteiger partial charge in [0, 0.05) is 67.8 Å². The summed E-state index contributed by atoms with van der Waals surface area (Å²) in [5.41, 5.74) is 4.54. The van der Waals surface area contributed by atoms with Crippen molar-refractivity contribution in [2.24, 2.45) is 7.05 Å². The van der Waals surface area contributed by atoms with Crippen LogP contribution >= 0.6 is 0 Å². The summed E-state index contributed by atoms with van der Waals surface area (Å²) in [6, 6.07) is 14.1. The molecule has 4 aromatic rings. The Morgan fingerprint density at radius 2 is 1.91 bits per heavy atom. The zero-order chi connectivity index (χ0) is 24.4. The van der Waals surface area contributed by atoms with Crippen molar-refractivity contribution < 1.29 is 4.79 Å². The first kappa shape index (κ1) is 22.6. The molecular formula is C26H28N8O. The number of aryl methyl sites for hydroxylation is 1. The van der Waals surface area contributed by atoms with Gasteiger partial charge in [0.25, 0.3) is 0 Å². The lowest BCUT2D eigenvalue weighted by Gasteiger charge is -2.37. The van der Waals surface area contributed by atoms with Crippen molar-refractivity contribution >= 4 is 17.4 Å². The van der Waals surface area contributed by atoms with Crippen LogP contribution in [0.3, 0.4) is 0 Å². The van der Waals surface area contributed by atoms with E-state index in [1.54, 1.807) is 30.2 Å². The predicted molar refractivity (Wildman–Crippen MR) is 134 cm³/mol. The van der Waals surface area contributed by atoms with E-state index in [0.717, 1.165) is 46.9 Å². The fourth-order valence-corrected chi connectivity index (χ4v) is 4.59. The highest BCUT2D eigenvalue weighted by Crippen LogP contribution is 2.31. The maximum absolute atomic E-state index is 12.2. The van der Waals surface area contributed by atoms with Crippen LogP contribution in [0.15, 0.2) is 61.1 Å². The average molecular weight is 469 g/mol. The molecule has 178 valence electrons. The SMILES string of the molecule is CC(=O)N1C[C@H](c2nc(Nc3cccc(-c4cnnn4C)c3)cc(-c3cccnc3)n2)CC[C@@H]1C. The topological polar surface area (TPSA) is 102 Å². The van der Waals surface area contributed by atoms with Gasteiger partial charge in [0.2, 0.25) is 5.91 Å². The van der Waals surface area contributed by atoms with E-state index in [0.29, 0.717) is 12.4 Å². The largest absolute Gasteiger partial charge is 0.340 e. The highest BCUT2D eigenvalue weighted by atomic mass is 16.2. The predicted octanol–water partition coefficient (Wildman–Crippen LogP) is 4.19. The van der Waals surface area contributed by atoms with Crippen molar-refractivity contribution in [3.05, 3.63) is 66.9 Å². The molecule has 5 rings (SSSR count). The molecule has 2 atom stereocenters. The number of hydrogen-bond donors (Lipinski definition) is 1. The van der Waals surface area contributed by atoms with Gasteiger partial charge in [0.1, 0.15) is 11.6 Å². The molecule has 35 heavy (non-hydrogen) atoms. The van der Waals surface area contributed by atoms with Crippen LogP contribution < -0.4 is 5.32 Å². The minimum absolute atomic E-state index is 0.0686. The van der Waals surface area contributed by atoms with Crippen LogP contribution in [0.25, 0.3) is 22.5 Å². The second kappa shape index (κ2) is 9.61. The number of piperidine rings is 1. The van der Waals surface area contributed by atoms with Gasteiger partial charge in [-0.05, 0) is 44.0 Å². The number of nitrogens with zero attached hydrogens (tertiary/aromatic N) is 7. The third kappa shape index (κ3) is 4.89. The summed E-state index contributed by atoms with van der Waals surface area (Å²) in [4.78, 5) is 28.2. The van der Waals surface area contributed by atoms with Gasteiger partial charge < -0.3 is 10.2 Å². The van der Waals surface area contributed by atoms with Crippen LogP contribution in [0.1, 0.15) is 38.4 Å². The Morgan fingerprint density at radius 1 is 1.06 bits per heavy atom. The summed E-state index contributed by atoms with van der Waals surface area (Å²) in [7, 11) is 1.87. The van der Waals surface area contributed by atoms with Gasteiger partial charge in [0.15, 0.2) is 0 Å². The molecule has 1 aliphatic rings. The van der Waals surface area contributed by atoms with E-state index in [1.807, 2.05) is 54.4 Å². The van der Waals surface area contributed by atoms with E-state index in [4.69, 9.17) is 9.97 Å². The number of benzene rings is 1. The molecule has 0 radical (unpaired) electrons. The fourth-order valence-electron chi connectivity index (χ4n) is 4.59. The molecule has 0 aliphatic carbocycles. The molecule has 4 heterocycles. The van der Waals surface area contributed by atoms with Crippen molar-refractivity contribution in [2.45, 2.75) is 38.6 Å². The Balaban J connectivity index is 1.50. The fraction of sp³-hybridized carbons (Fsp3) is 0.308. The van der Waals surface area contributed by atoms with E-state index < -0.39 is 0 Å². The number of likely N-dealkylation sites (tertiary alicyclic amines) is 1. The summed E-state index contributed by atoms with van der Waals surface area (Å²) in [5, 5.41) is 11.5. The maximum atomic E-state index is 12.2. The van der Waals surface area contributed by atoms with Crippen LogP contribution in [0.4, 0.5) is 11.5 Å². The summed E-state index contributed by atoms with van der Waals surface area (Å²) in [6.07, 6.45) is 7.15. The summed E-state index contributed by atoms with van der Waals surface area (Å²) < 4.78 is 1.74. The van der Waals surface area contributed by atoms with E-state index in [1.165, 1.54) is 0 Å². The second-order valence-corrected chi connectivity index (χ2v) is 8.98. The van der Waals surface area contributed by atoms with Gasteiger partial charge in [-0.3, -0.25) is 9.78 Å². The normalized spacial score (nSPS) is 17.9. The zero-order valence-electron chi connectivity index (χ0n) is 20.1. The van der Waals surface area contributed by atoms with Crippen molar-refractivity contribution in [3.63, 3.8) is 0 Å². The number of pyridine rings is 1. The molecule has 1 fully saturated rings. The van der Waals surface area contributed by atoms with Crippen molar-refractivity contribution in [3.8, 4) is 22.5 Å². The molecular weight excluding hydrogens is 440 g/mol. The number of rotatable bonds is 5. The highest BCUT2D eigenvalue weighted by molar-refractivity contribution is 5.74. The zero-order valence-corrected chi connectivity index (χ0v) is 20.1. The van der Waals surface area contributed by atoms with Crippen LogP contribution in [-0.4, -0.2) is 53.3 Å². The van der Waals surface area contributed by atoms with Crippen LogP contribution in [-0.2, 0) is 11.8 Å². The number of anilines is 2. The summed E-state index contributed by atoms with van der Waals surface area (Å²) in [5.74, 6) is 1.59. The van der Waals surface area contributed by atoms with Crippen molar-refractivity contribution in [1.82, 2.24) is 34.8 Å². The minimum Gasteiger partial charge on any atom is -0.340 e. The quantitative estimate of drug-likeness (QED) is 0.468. The maximum Gasteiger partial charge on any atom is 0.219 e. The van der Waals surface area contributed by atoms with E-state index >= 15 is 0 Å². The third-order valence-electron chi connectivity index (χ3n) is 6.50. The average Bonchev–Trinajstić information content (AvgIpc) is 3.30. The first-order valence-corrected chi connectivity index (χ1v) is 11.8. The molecule has 1 amide bonds. The Morgan fingerprint density at radius 3 is 2.66 bits per heavy atom. The Bertz CT molecular complexity index is 1340. The van der Waals surface area contributed by atoms with Gasteiger partial charge >= 0.3 is 0 Å². The van der Waals surface area contributed by atoms with E-state index in [9.17, 15) is 4.79 Å². The summed E-state index contributed by atoms with van der Waals surface area (Å²) in [6.45, 7) is 4.35.